The highest BCUT2D eigenvalue weighted by molar-refractivity contribution is 5.48. The highest BCUT2D eigenvalue weighted by Gasteiger charge is 2.38. The van der Waals surface area contributed by atoms with Gasteiger partial charge in [0.1, 0.15) is 0 Å². The van der Waals surface area contributed by atoms with E-state index in [-0.39, 0.29) is 23.6 Å². The Hall–Kier alpha value is -1.26. The van der Waals surface area contributed by atoms with Gasteiger partial charge in [-0.15, -0.1) is 0 Å². The van der Waals surface area contributed by atoms with Crippen LogP contribution in [0.5, 0.6) is 11.5 Å². The van der Waals surface area contributed by atoms with Crippen molar-refractivity contribution >= 4 is 0 Å². The lowest BCUT2D eigenvalue weighted by molar-refractivity contribution is -0.0191. The molecule has 3 N–H and O–H groups in total. The van der Waals surface area contributed by atoms with E-state index in [0.29, 0.717) is 18.3 Å². The van der Waals surface area contributed by atoms with Gasteiger partial charge in [0.25, 0.3) is 0 Å². The van der Waals surface area contributed by atoms with E-state index in [1.165, 1.54) is 0 Å². The number of phenols is 2. The molecule has 3 atom stereocenters. The first-order valence-electron chi connectivity index (χ1n) is 7.92. The van der Waals surface area contributed by atoms with Gasteiger partial charge in [0.05, 0.1) is 6.10 Å². The Bertz CT molecular complexity index is 529. The molecule has 0 unspecified atom stereocenters. The third-order valence-electron chi connectivity index (χ3n) is 4.96. The lowest BCUT2D eigenvalue weighted by Crippen LogP contribution is -2.48. The number of benzene rings is 1. The zero-order chi connectivity index (χ0) is 15.1. The number of hydrogen-bond acceptors (Lipinski definition) is 4. The van der Waals surface area contributed by atoms with E-state index in [2.05, 4.69) is 18.7 Å². The largest absolute Gasteiger partial charge is 0.504 e. The first-order chi connectivity index (χ1) is 9.95. The lowest BCUT2D eigenvalue weighted by atomic mass is 9.79. The van der Waals surface area contributed by atoms with Crippen LogP contribution in [0.1, 0.15) is 43.9 Å². The maximum atomic E-state index is 10.5. The molecule has 0 aromatic heterocycles. The third kappa shape index (κ3) is 2.74. The molecule has 4 nitrogen and oxygen atoms in total. The van der Waals surface area contributed by atoms with Gasteiger partial charge in [0, 0.05) is 19.1 Å². The molecule has 3 rings (SSSR count). The lowest BCUT2D eigenvalue weighted by Gasteiger charge is -2.46. The van der Waals surface area contributed by atoms with Crippen molar-refractivity contribution in [2.45, 2.75) is 45.3 Å². The van der Waals surface area contributed by atoms with E-state index in [9.17, 15) is 15.3 Å². The molecular weight excluding hydrogens is 266 g/mol. The highest BCUT2D eigenvalue weighted by Crippen LogP contribution is 2.42. The van der Waals surface area contributed by atoms with Crippen LogP contribution in [0.25, 0.3) is 0 Å². The van der Waals surface area contributed by atoms with E-state index >= 15 is 0 Å². The molecule has 116 valence electrons. The molecule has 1 aromatic carbocycles. The summed E-state index contributed by atoms with van der Waals surface area (Å²) in [5.74, 6) is 0.832. The van der Waals surface area contributed by atoms with Crippen LogP contribution in [0.2, 0.25) is 0 Å². The maximum Gasteiger partial charge on any atom is 0.157 e. The molecule has 1 saturated heterocycles. The molecule has 0 spiro atoms. The van der Waals surface area contributed by atoms with Crippen molar-refractivity contribution in [2.24, 2.45) is 11.8 Å². The van der Waals surface area contributed by atoms with Crippen LogP contribution >= 0.6 is 0 Å². The molecule has 2 aliphatic rings. The molecule has 2 heterocycles. The number of rotatable bonds is 2. The summed E-state index contributed by atoms with van der Waals surface area (Å²) in [6.45, 7) is 6.28. The van der Waals surface area contributed by atoms with E-state index < -0.39 is 0 Å². The van der Waals surface area contributed by atoms with Crippen LogP contribution in [0.4, 0.5) is 0 Å². The molecule has 1 aromatic rings. The van der Waals surface area contributed by atoms with Gasteiger partial charge in [0.2, 0.25) is 0 Å². The predicted octanol–water partition coefficient (Wildman–Crippen LogP) is 2.42. The minimum atomic E-state index is -0.282. The van der Waals surface area contributed by atoms with Crippen molar-refractivity contribution in [2.75, 3.05) is 13.1 Å². The van der Waals surface area contributed by atoms with Gasteiger partial charge in [-0.25, -0.2) is 0 Å². The molecule has 4 heteroatoms. The first-order valence-corrected chi connectivity index (χ1v) is 7.92. The fourth-order valence-corrected chi connectivity index (χ4v) is 3.96. The number of aliphatic hydroxyl groups is 1. The molecule has 0 radical (unpaired) electrons. The third-order valence-corrected chi connectivity index (χ3v) is 4.96. The second kappa shape index (κ2) is 5.50. The van der Waals surface area contributed by atoms with Gasteiger partial charge in [0.15, 0.2) is 11.5 Å². The van der Waals surface area contributed by atoms with Gasteiger partial charge in [-0.3, -0.25) is 4.90 Å². The quantitative estimate of drug-likeness (QED) is 0.732. The first kappa shape index (κ1) is 14.7. The molecule has 0 bridgehead atoms. The van der Waals surface area contributed by atoms with Crippen LogP contribution in [0.3, 0.4) is 0 Å². The molecule has 2 aliphatic heterocycles. The number of aromatic hydroxyl groups is 2. The number of phenolic OH excluding ortho intramolecular Hbond substituents is 2. The van der Waals surface area contributed by atoms with Crippen molar-refractivity contribution in [1.29, 1.82) is 0 Å². The van der Waals surface area contributed by atoms with Crippen LogP contribution in [-0.4, -0.2) is 39.4 Å². The van der Waals surface area contributed by atoms with Gasteiger partial charge >= 0.3 is 0 Å². The molecule has 0 saturated carbocycles. The zero-order valence-corrected chi connectivity index (χ0v) is 12.8. The highest BCUT2D eigenvalue weighted by atomic mass is 16.3. The summed E-state index contributed by atoms with van der Waals surface area (Å²) in [6, 6.07) is 3.52. The Kier molecular flexibility index (Phi) is 3.84. The van der Waals surface area contributed by atoms with Gasteiger partial charge in [-0.2, -0.15) is 0 Å². The SMILES string of the molecule is CC(C)C[C@H]1CN2CCc3cc(O)c(O)cc3[C@@H]2C[C@@H]1O. The number of piperidine rings is 1. The van der Waals surface area contributed by atoms with Crippen LogP contribution in [-0.2, 0) is 6.42 Å². The predicted molar refractivity (Wildman–Crippen MR) is 81.4 cm³/mol. The summed E-state index contributed by atoms with van der Waals surface area (Å²) in [4.78, 5) is 2.43. The maximum absolute atomic E-state index is 10.5. The van der Waals surface area contributed by atoms with Gasteiger partial charge in [-0.05, 0) is 54.4 Å². The Labute approximate surface area is 126 Å². The fraction of sp³-hybridized carbons (Fsp3) is 0.647. The summed E-state index contributed by atoms with van der Waals surface area (Å²) >= 11 is 0. The molecule has 0 amide bonds. The van der Waals surface area contributed by atoms with Crippen LogP contribution in [0.15, 0.2) is 12.1 Å². The second-order valence-corrected chi connectivity index (χ2v) is 6.99. The van der Waals surface area contributed by atoms with Crippen LogP contribution < -0.4 is 0 Å². The Balaban J connectivity index is 1.85. The summed E-state index contributed by atoms with van der Waals surface area (Å²) in [5.41, 5.74) is 2.17. The number of hydrogen-bond donors (Lipinski definition) is 3. The Morgan fingerprint density at radius 1 is 1.24 bits per heavy atom. The molecule has 21 heavy (non-hydrogen) atoms. The minimum absolute atomic E-state index is 0.0451. The summed E-state index contributed by atoms with van der Waals surface area (Å²) in [6.07, 6.45) is 2.38. The molecular formula is C17H25NO3. The van der Waals surface area contributed by atoms with Gasteiger partial charge < -0.3 is 15.3 Å². The van der Waals surface area contributed by atoms with E-state index in [4.69, 9.17) is 0 Å². The van der Waals surface area contributed by atoms with Crippen molar-refractivity contribution in [1.82, 2.24) is 4.90 Å². The van der Waals surface area contributed by atoms with Crippen molar-refractivity contribution in [3.8, 4) is 11.5 Å². The summed E-state index contributed by atoms with van der Waals surface area (Å²) in [5, 5.41) is 29.9. The average molecular weight is 291 g/mol. The van der Waals surface area contributed by atoms with Gasteiger partial charge in [-0.1, -0.05) is 13.8 Å². The summed E-state index contributed by atoms with van der Waals surface area (Å²) in [7, 11) is 0. The monoisotopic (exact) mass is 291 g/mol. The number of fused-ring (bicyclic) bond motifs is 3. The molecule has 0 aliphatic carbocycles. The summed E-state index contributed by atoms with van der Waals surface area (Å²) < 4.78 is 0. The Morgan fingerprint density at radius 3 is 2.67 bits per heavy atom. The second-order valence-electron chi connectivity index (χ2n) is 6.99. The number of nitrogens with zero attached hydrogens (tertiary/aromatic N) is 1. The van der Waals surface area contributed by atoms with Crippen molar-refractivity contribution in [3.05, 3.63) is 23.3 Å². The average Bonchev–Trinajstić information content (AvgIpc) is 2.41. The number of aliphatic hydroxyl groups excluding tert-OH is 1. The normalized spacial score (nSPS) is 29.2. The van der Waals surface area contributed by atoms with E-state index in [1.807, 2.05) is 0 Å². The van der Waals surface area contributed by atoms with Crippen molar-refractivity contribution in [3.63, 3.8) is 0 Å². The van der Waals surface area contributed by atoms with E-state index in [1.54, 1.807) is 12.1 Å². The standard InChI is InChI=1S/C17H25NO3/c1-10(2)5-12-9-18-4-3-11-6-16(20)17(21)7-13(11)14(18)8-15(12)19/h6-7,10,12,14-15,19-21H,3-5,8-9H2,1-2H3/t12-,14-,15-/m0/s1. The van der Waals surface area contributed by atoms with Crippen LogP contribution in [0, 0.1) is 11.8 Å². The minimum Gasteiger partial charge on any atom is -0.504 e. The zero-order valence-electron chi connectivity index (χ0n) is 12.8. The van der Waals surface area contributed by atoms with E-state index in [0.717, 1.165) is 37.1 Å². The Morgan fingerprint density at radius 2 is 1.95 bits per heavy atom. The fourth-order valence-electron chi connectivity index (χ4n) is 3.96. The van der Waals surface area contributed by atoms with Crippen molar-refractivity contribution < 1.29 is 15.3 Å². The smallest absolute Gasteiger partial charge is 0.157 e. The molecule has 1 fully saturated rings. The topological polar surface area (TPSA) is 63.9 Å².